The molecule has 1 aromatic rings. The van der Waals surface area contributed by atoms with Crippen LogP contribution in [0.3, 0.4) is 0 Å². The quantitative estimate of drug-likeness (QED) is 0.467. The number of carbonyl (C=O) groups excluding carboxylic acids is 4. The van der Waals surface area contributed by atoms with Crippen LogP contribution in [0.15, 0.2) is 0 Å². The van der Waals surface area contributed by atoms with Gasteiger partial charge < -0.3 is 15.4 Å². The van der Waals surface area contributed by atoms with E-state index in [4.69, 9.17) is 4.74 Å². The van der Waals surface area contributed by atoms with E-state index in [1.165, 1.54) is 11.3 Å². The highest BCUT2D eigenvalue weighted by molar-refractivity contribution is 7.17. The van der Waals surface area contributed by atoms with Gasteiger partial charge in [0.25, 0.3) is 5.91 Å². The van der Waals surface area contributed by atoms with Gasteiger partial charge in [0.1, 0.15) is 17.1 Å². The first-order valence-corrected chi connectivity index (χ1v) is 11.7. The van der Waals surface area contributed by atoms with Crippen LogP contribution in [-0.2, 0) is 27.2 Å². The molecule has 0 saturated carbocycles. The normalized spacial score (nSPS) is 20.6. The number of rotatable bonds is 8. The summed E-state index contributed by atoms with van der Waals surface area (Å²) in [6.07, 6.45) is 4.96. The van der Waals surface area contributed by atoms with E-state index in [-0.39, 0.29) is 6.61 Å². The van der Waals surface area contributed by atoms with Gasteiger partial charge in [-0.2, -0.15) is 0 Å². The van der Waals surface area contributed by atoms with Crippen LogP contribution in [0.5, 0.6) is 0 Å². The Kier molecular flexibility index (Phi) is 7.03. The van der Waals surface area contributed by atoms with Gasteiger partial charge in [-0.3, -0.25) is 14.5 Å². The van der Waals surface area contributed by atoms with E-state index < -0.39 is 35.9 Å². The summed E-state index contributed by atoms with van der Waals surface area (Å²) in [4.78, 5) is 52.6. The van der Waals surface area contributed by atoms with Crippen LogP contribution in [-0.4, -0.2) is 47.4 Å². The summed E-state index contributed by atoms with van der Waals surface area (Å²) in [5, 5.41) is 5.92. The van der Waals surface area contributed by atoms with E-state index >= 15 is 0 Å². The summed E-state index contributed by atoms with van der Waals surface area (Å²) in [7, 11) is 0. The Morgan fingerprint density at radius 1 is 1.26 bits per heavy atom. The molecule has 2 N–H and O–H groups in total. The fraction of sp³-hybridized carbons (Fsp3) is 0.636. The molecule has 0 radical (unpaired) electrons. The minimum Gasteiger partial charge on any atom is -0.462 e. The lowest BCUT2D eigenvalue weighted by Gasteiger charge is -2.22. The molecule has 8 nitrogen and oxygen atoms in total. The fourth-order valence-corrected chi connectivity index (χ4v) is 5.31. The predicted octanol–water partition coefficient (Wildman–Crippen LogP) is 3.49. The molecule has 0 bridgehead atoms. The molecule has 1 atom stereocenters. The number of nitrogens with zero attached hydrogens (tertiary/aromatic N) is 1. The fourth-order valence-electron chi connectivity index (χ4n) is 4.02. The minimum atomic E-state index is -1.00. The Morgan fingerprint density at radius 3 is 2.65 bits per heavy atom. The van der Waals surface area contributed by atoms with Gasteiger partial charge in [0.2, 0.25) is 5.91 Å². The molecule has 3 rings (SSSR count). The average molecular weight is 450 g/mol. The molecular weight excluding hydrogens is 418 g/mol. The highest BCUT2D eigenvalue weighted by Crippen LogP contribution is 2.38. The van der Waals surface area contributed by atoms with Crippen LogP contribution in [0.4, 0.5) is 9.80 Å². The van der Waals surface area contributed by atoms with Crippen molar-refractivity contribution in [3.8, 4) is 0 Å². The van der Waals surface area contributed by atoms with Crippen molar-refractivity contribution in [3.05, 3.63) is 16.0 Å². The second kappa shape index (κ2) is 9.38. The lowest BCUT2D eigenvalue weighted by molar-refractivity contribution is -0.133. The molecule has 170 valence electrons. The first-order valence-electron chi connectivity index (χ1n) is 10.9. The second-order valence-electron chi connectivity index (χ2n) is 8.77. The average Bonchev–Trinajstić information content (AvgIpc) is 3.16. The summed E-state index contributed by atoms with van der Waals surface area (Å²) in [5.41, 5.74) is 0.356. The van der Waals surface area contributed by atoms with Gasteiger partial charge in [-0.15, -0.1) is 11.3 Å². The number of ether oxygens (including phenoxy) is 1. The number of hydrogen-bond acceptors (Lipinski definition) is 6. The lowest BCUT2D eigenvalue weighted by Crippen LogP contribution is -2.44. The number of nitrogens with one attached hydrogen (secondary N) is 2. The van der Waals surface area contributed by atoms with Gasteiger partial charge in [0, 0.05) is 4.88 Å². The maximum Gasteiger partial charge on any atom is 0.341 e. The molecule has 0 spiro atoms. The van der Waals surface area contributed by atoms with Crippen LogP contribution >= 0.6 is 11.3 Å². The number of esters is 1. The maximum absolute atomic E-state index is 12.8. The predicted molar refractivity (Wildman–Crippen MR) is 118 cm³/mol. The summed E-state index contributed by atoms with van der Waals surface area (Å²) in [6.45, 7) is 7.39. The Morgan fingerprint density at radius 2 is 1.97 bits per heavy atom. The number of urea groups is 1. The Balaban J connectivity index is 1.74. The van der Waals surface area contributed by atoms with Gasteiger partial charge in [-0.1, -0.05) is 13.8 Å². The van der Waals surface area contributed by atoms with Crippen molar-refractivity contribution in [2.24, 2.45) is 5.92 Å². The molecule has 1 aliphatic carbocycles. The van der Waals surface area contributed by atoms with Crippen molar-refractivity contribution in [1.29, 1.82) is 0 Å². The third kappa shape index (κ3) is 4.92. The molecule has 4 amide bonds. The molecule has 1 aromatic heterocycles. The highest BCUT2D eigenvalue weighted by atomic mass is 32.1. The monoisotopic (exact) mass is 449 g/mol. The zero-order valence-electron chi connectivity index (χ0n) is 18.6. The zero-order chi connectivity index (χ0) is 22.8. The highest BCUT2D eigenvalue weighted by Gasteiger charge is 2.48. The van der Waals surface area contributed by atoms with Crippen LogP contribution in [0.2, 0.25) is 0 Å². The smallest absolute Gasteiger partial charge is 0.341 e. The summed E-state index contributed by atoms with van der Waals surface area (Å²) >= 11 is 1.38. The number of hydrogen-bond donors (Lipinski definition) is 2. The van der Waals surface area contributed by atoms with Crippen LogP contribution < -0.4 is 10.6 Å². The topological polar surface area (TPSA) is 105 Å². The maximum atomic E-state index is 12.8. The third-order valence-electron chi connectivity index (χ3n) is 5.77. The molecule has 9 heteroatoms. The van der Waals surface area contributed by atoms with Crippen LogP contribution in [0, 0.1) is 5.92 Å². The SMILES string of the molecule is CCOC(=O)c1c(NC(=O)CN2C(=O)N[C@@](C)(CCC(C)C)C2=O)sc2c1CCCC2. The Labute approximate surface area is 186 Å². The number of amides is 4. The molecule has 2 aliphatic rings. The van der Waals surface area contributed by atoms with Crippen molar-refractivity contribution < 1.29 is 23.9 Å². The van der Waals surface area contributed by atoms with Gasteiger partial charge in [0.05, 0.1) is 12.2 Å². The minimum absolute atomic E-state index is 0.244. The van der Waals surface area contributed by atoms with E-state index in [1.807, 2.05) is 0 Å². The molecule has 0 unspecified atom stereocenters. The molecule has 31 heavy (non-hydrogen) atoms. The van der Waals surface area contributed by atoms with Crippen molar-refractivity contribution in [2.75, 3.05) is 18.5 Å². The number of anilines is 1. The van der Waals surface area contributed by atoms with E-state index in [9.17, 15) is 19.2 Å². The molecule has 2 heterocycles. The van der Waals surface area contributed by atoms with E-state index in [0.29, 0.717) is 22.9 Å². The molecule has 1 fully saturated rings. The van der Waals surface area contributed by atoms with Gasteiger partial charge in [-0.05, 0) is 63.9 Å². The van der Waals surface area contributed by atoms with Gasteiger partial charge >= 0.3 is 12.0 Å². The Bertz CT molecular complexity index is 894. The van der Waals surface area contributed by atoms with Crippen molar-refractivity contribution in [3.63, 3.8) is 0 Å². The zero-order valence-corrected chi connectivity index (χ0v) is 19.4. The lowest BCUT2D eigenvalue weighted by atomic mass is 9.92. The van der Waals surface area contributed by atoms with E-state index in [0.717, 1.165) is 47.4 Å². The molecule has 0 aromatic carbocycles. The first-order chi connectivity index (χ1) is 14.7. The molecular formula is C22H31N3O5S. The molecule has 1 saturated heterocycles. The summed E-state index contributed by atoms with van der Waals surface area (Å²) in [6, 6.07) is -0.567. The van der Waals surface area contributed by atoms with Crippen molar-refractivity contribution >= 4 is 40.2 Å². The third-order valence-corrected chi connectivity index (χ3v) is 6.98. The number of thiophene rings is 1. The number of fused-ring (bicyclic) bond motifs is 1. The standard InChI is InChI=1S/C22H31N3O5S/c1-5-30-19(27)17-14-8-6-7-9-15(14)31-18(17)23-16(26)12-25-20(28)22(4,24-21(25)29)11-10-13(2)3/h13H,5-12H2,1-4H3,(H,23,26)(H,24,29)/t22-/m0/s1. The van der Waals surface area contributed by atoms with Gasteiger partial charge in [-0.25, -0.2) is 9.59 Å². The van der Waals surface area contributed by atoms with Crippen LogP contribution in [0.25, 0.3) is 0 Å². The summed E-state index contributed by atoms with van der Waals surface area (Å²) < 4.78 is 5.20. The van der Waals surface area contributed by atoms with Gasteiger partial charge in [0.15, 0.2) is 0 Å². The molecule has 1 aliphatic heterocycles. The first kappa shape index (κ1) is 23.2. The summed E-state index contributed by atoms with van der Waals surface area (Å²) in [5.74, 6) is -0.969. The second-order valence-corrected chi connectivity index (χ2v) is 9.87. The Hall–Kier alpha value is -2.42. The van der Waals surface area contributed by atoms with Crippen molar-refractivity contribution in [2.45, 2.75) is 71.8 Å². The van der Waals surface area contributed by atoms with E-state index in [2.05, 4.69) is 24.5 Å². The number of carbonyl (C=O) groups is 4. The number of aryl methyl sites for hydroxylation is 1. The largest absolute Gasteiger partial charge is 0.462 e. The van der Waals surface area contributed by atoms with Crippen molar-refractivity contribution in [1.82, 2.24) is 10.2 Å². The number of imide groups is 1. The van der Waals surface area contributed by atoms with E-state index in [1.54, 1.807) is 13.8 Å². The van der Waals surface area contributed by atoms with Crippen LogP contribution in [0.1, 0.15) is 74.2 Å².